The lowest BCUT2D eigenvalue weighted by molar-refractivity contribution is -0.384. The highest BCUT2D eigenvalue weighted by Gasteiger charge is 2.36. The number of anilines is 1. The lowest BCUT2D eigenvalue weighted by Gasteiger charge is -2.16. The Kier molecular flexibility index (Phi) is 8.02. The monoisotopic (exact) mass is 560 g/mol. The number of halogens is 3. The second-order valence-corrected chi connectivity index (χ2v) is 9.59. The summed E-state index contributed by atoms with van der Waals surface area (Å²) in [5, 5.41) is 10.8. The van der Waals surface area contributed by atoms with Crippen LogP contribution in [-0.4, -0.2) is 21.8 Å². The molecule has 0 aliphatic carbocycles. The summed E-state index contributed by atoms with van der Waals surface area (Å²) in [6.45, 7) is 2.29. The molecule has 1 aliphatic rings. The summed E-state index contributed by atoms with van der Waals surface area (Å²) < 4.78 is 51.1. The van der Waals surface area contributed by atoms with Gasteiger partial charge in [0.1, 0.15) is 6.61 Å². The van der Waals surface area contributed by atoms with E-state index in [1.807, 2.05) is 0 Å². The zero-order chi connectivity index (χ0) is 27.4. The molecule has 4 rings (SSSR count). The SMILES string of the molecule is CCOc1cc(/C=C2\SC(=S)N(c3cccc(C(F)(F)F)c3)C2=O)ccc1OCc1ccc([N+](=O)[O-])cc1. The lowest BCUT2D eigenvalue weighted by atomic mass is 10.1. The van der Waals surface area contributed by atoms with E-state index in [1.54, 1.807) is 43.3 Å². The molecule has 1 aliphatic heterocycles. The molecule has 1 amide bonds. The van der Waals surface area contributed by atoms with Crippen LogP contribution in [0.2, 0.25) is 0 Å². The van der Waals surface area contributed by atoms with Gasteiger partial charge >= 0.3 is 6.18 Å². The van der Waals surface area contributed by atoms with Gasteiger partial charge in [0.15, 0.2) is 15.8 Å². The number of thioether (sulfide) groups is 1. The van der Waals surface area contributed by atoms with Gasteiger partial charge in [-0.1, -0.05) is 36.1 Å². The van der Waals surface area contributed by atoms with E-state index in [1.165, 1.54) is 24.3 Å². The van der Waals surface area contributed by atoms with Crippen molar-refractivity contribution in [2.75, 3.05) is 11.5 Å². The molecule has 38 heavy (non-hydrogen) atoms. The Morgan fingerprint density at radius 2 is 1.79 bits per heavy atom. The number of ether oxygens (including phenoxy) is 2. The molecular weight excluding hydrogens is 541 g/mol. The fraction of sp³-hybridized carbons (Fsp3) is 0.154. The van der Waals surface area contributed by atoms with Crippen LogP contribution in [0.25, 0.3) is 6.08 Å². The van der Waals surface area contributed by atoms with E-state index in [4.69, 9.17) is 21.7 Å². The maximum atomic E-state index is 13.1. The molecule has 1 fully saturated rings. The van der Waals surface area contributed by atoms with E-state index in [9.17, 15) is 28.1 Å². The van der Waals surface area contributed by atoms with Crippen molar-refractivity contribution in [1.29, 1.82) is 0 Å². The molecule has 196 valence electrons. The quantitative estimate of drug-likeness (QED) is 0.127. The number of benzene rings is 3. The molecule has 0 unspecified atom stereocenters. The van der Waals surface area contributed by atoms with Crippen molar-refractivity contribution in [2.24, 2.45) is 0 Å². The number of thiocarbonyl (C=S) groups is 1. The van der Waals surface area contributed by atoms with Crippen molar-refractivity contribution in [2.45, 2.75) is 19.7 Å². The van der Waals surface area contributed by atoms with Gasteiger partial charge in [-0.3, -0.25) is 19.8 Å². The first kappa shape index (κ1) is 27.1. The molecule has 3 aromatic rings. The number of nitro benzene ring substituents is 1. The van der Waals surface area contributed by atoms with Crippen molar-refractivity contribution >= 4 is 51.7 Å². The van der Waals surface area contributed by atoms with E-state index >= 15 is 0 Å². The maximum Gasteiger partial charge on any atom is 0.416 e. The highest BCUT2D eigenvalue weighted by Crippen LogP contribution is 2.39. The fourth-order valence-corrected chi connectivity index (χ4v) is 4.84. The minimum Gasteiger partial charge on any atom is -0.490 e. The van der Waals surface area contributed by atoms with Crippen LogP contribution in [0.4, 0.5) is 24.5 Å². The largest absolute Gasteiger partial charge is 0.490 e. The number of carbonyl (C=O) groups excluding carboxylic acids is 1. The number of nitro groups is 1. The average molecular weight is 561 g/mol. The van der Waals surface area contributed by atoms with Crippen LogP contribution in [0.5, 0.6) is 11.5 Å². The Bertz CT molecular complexity index is 1430. The van der Waals surface area contributed by atoms with E-state index in [2.05, 4.69) is 0 Å². The van der Waals surface area contributed by atoms with Crippen LogP contribution in [0.3, 0.4) is 0 Å². The predicted molar refractivity (Wildman–Crippen MR) is 142 cm³/mol. The average Bonchev–Trinajstić information content (AvgIpc) is 3.15. The molecule has 0 bridgehead atoms. The summed E-state index contributed by atoms with van der Waals surface area (Å²) in [5.74, 6) is 0.311. The van der Waals surface area contributed by atoms with Crippen LogP contribution in [0, 0.1) is 10.1 Å². The van der Waals surface area contributed by atoms with Crippen LogP contribution in [0.15, 0.2) is 71.6 Å². The number of alkyl halides is 3. The van der Waals surface area contributed by atoms with Gasteiger partial charge in [-0.05, 0) is 66.6 Å². The second kappa shape index (κ2) is 11.2. The van der Waals surface area contributed by atoms with Gasteiger partial charge in [-0.25, -0.2) is 0 Å². The van der Waals surface area contributed by atoms with Crippen LogP contribution in [0.1, 0.15) is 23.6 Å². The zero-order valence-corrected chi connectivity index (χ0v) is 21.4. The number of hydrogen-bond acceptors (Lipinski definition) is 7. The van der Waals surface area contributed by atoms with E-state index in [0.717, 1.165) is 34.4 Å². The zero-order valence-electron chi connectivity index (χ0n) is 19.7. The van der Waals surface area contributed by atoms with Crippen LogP contribution < -0.4 is 14.4 Å². The summed E-state index contributed by atoms with van der Waals surface area (Å²) in [5.41, 5.74) is 0.460. The minimum absolute atomic E-state index is 0.0217. The van der Waals surface area contributed by atoms with Crippen molar-refractivity contribution in [3.05, 3.63) is 98.4 Å². The fourth-order valence-electron chi connectivity index (χ4n) is 3.54. The first-order valence-electron chi connectivity index (χ1n) is 11.1. The molecule has 0 atom stereocenters. The summed E-state index contributed by atoms with van der Waals surface area (Å²) in [6.07, 6.45) is -2.97. The number of rotatable bonds is 8. The van der Waals surface area contributed by atoms with Crippen LogP contribution in [-0.2, 0) is 17.6 Å². The third-order valence-corrected chi connectivity index (χ3v) is 6.63. The minimum atomic E-state index is -4.55. The van der Waals surface area contributed by atoms with Gasteiger partial charge in [0.05, 0.1) is 27.7 Å². The molecule has 1 saturated heterocycles. The second-order valence-electron chi connectivity index (χ2n) is 7.92. The molecule has 3 aromatic carbocycles. The summed E-state index contributed by atoms with van der Waals surface area (Å²) >= 11 is 6.27. The molecule has 0 saturated carbocycles. The topological polar surface area (TPSA) is 81.9 Å². The first-order valence-corrected chi connectivity index (χ1v) is 12.4. The summed E-state index contributed by atoms with van der Waals surface area (Å²) in [6, 6.07) is 15.4. The van der Waals surface area contributed by atoms with Crippen LogP contribution >= 0.6 is 24.0 Å². The number of amides is 1. The molecule has 1 heterocycles. The predicted octanol–water partition coefficient (Wildman–Crippen LogP) is 7.00. The van der Waals surface area contributed by atoms with Gasteiger partial charge in [0.2, 0.25) is 0 Å². The molecule has 0 radical (unpaired) electrons. The molecule has 7 nitrogen and oxygen atoms in total. The number of nitrogens with zero attached hydrogens (tertiary/aromatic N) is 2. The van der Waals surface area contributed by atoms with E-state index in [-0.39, 0.29) is 27.2 Å². The third kappa shape index (κ3) is 6.14. The highest BCUT2D eigenvalue weighted by atomic mass is 32.2. The Hall–Kier alpha value is -3.90. The third-order valence-electron chi connectivity index (χ3n) is 5.33. The van der Waals surface area contributed by atoms with Crippen molar-refractivity contribution in [3.63, 3.8) is 0 Å². The standard InChI is InChI=1S/C26H19F3N2O5S2/c1-2-35-22-12-17(8-11-21(22)36-15-16-6-9-19(10-7-16)31(33)34)13-23-24(32)30(25(37)38-23)20-5-3-4-18(14-20)26(27,28)29/h3-14H,2,15H2,1H3/b23-13-. The first-order chi connectivity index (χ1) is 18.1. The molecule has 0 aromatic heterocycles. The molecule has 0 N–H and O–H groups in total. The lowest BCUT2D eigenvalue weighted by Crippen LogP contribution is -2.27. The van der Waals surface area contributed by atoms with Gasteiger partial charge in [-0.2, -0.15) is 13.2 Å². The van der Waals surface area contributed by atoms with E-state index in [0.29, 0.717) is 23.7 Å². The molecule has 0 spiro atoms. The number of non-ortho nitro benzene ring substituents is 1. The van der Waals surface area contributed by atoms with Gasteiger partial charge in [0, 0.05) is 12.1 Å². The van der Waals surface area contributed by atoms with Gasteiger partial charge in [-0.15, -0.1) is 0 Å². The van der Waals surface area contributed by atoms with Gasteiger partial charge in [0.25, 0.3) is 11.6 Å². The molecule has 12 heteroatoms. The Morgan fingerprint density at radius 3 is 2.45 bits per heavy atom. The summed E-state index contributed by atoms with van der Waals surface area (Å²) in [4.78, 5) is 24.7. The Labute approximate surface area is 225 Å². The Morgan fingerprint density at radius 1 is 1.05 bits per heavy atom. The Balaban J connectivity index is 1.53. The normalized spacial score (nSPS) is 14.7. The van der Waals surface area contributed by atoms with Crippen molar-refractivity contribution < 1.29 is 32.4 Å². The summed E-state index contributed by atoms with van der Waals surface area (Å²) in [7, 11) is 0. The van der Waals surface area contributed by atoms with Gasteiger partial charge < -0.3 is 9.47 Å². The van der Waals surface area contributed by atoms with Crippen molar-refractivity contribution in [1.82, 2.24) is 0 Å². The number of carbonyl (C=O) groups is 1. The van der Waals surface area contributed by atoms with E-state index < -0.39 is 22.6 Å². The maximum absolute atomic E-state index is 13.1. The highest BCUT2D eigenvalue weighted by molar-refractivity contribution is 8.27. The molecular formula is C26H19F3N2O5S2. The van der Waals surface area contributed by atoms with Crippen molar-refractivity contribution in [3.8, 4) is 11.5 Å². The smallest absolute Gasteiger partial charge is 0.416 e. The number of hydrogen-bond donors (Lipinski definition) is 0.